The Balaban J connectivity index is 1.63. The highest BCUT2D eigenvalue weighted by atomic mass is 19.1. The average molecular weight is 413 g/mol. The van der Waals surface area contributed by atoms with Crippen LogP contribution in [0.15, 0.2) is 24.3 Å². The molecule has 1 amide bonds. The number of anilines is 1. The summed E-state index contributed by atoms with van der Waals surface area (Å²) in [6, 6.07) is 6.59. The molecule has 7 heteroatoms. The quantitative estimate of drug-likeness (QED) is 0.730. The van der Waals surface area contributed by atoms with E-state index in [2.05, 4.69) is 11.8 Å². The van der Waals surface area contributed by atoms with E-state index in [4.69, 9.17) is 14.7 Å². The first kappa shape index (κ1) is 20.7. The number of amides is 1. The van der Waals surface area contributed by atoms with Crippen LogP contribution in [0.5, 0.6) is 0 Å². The summed E-state index contributed by atoms with van der Waals surface area (Å²) in [6.45, 7) is 6.22. The lowest BCUT2D eigenvalue weighted by atomic mass is 10.0. The summed E-state index contributed by atoms with van der Waals surface area (Å²) < 4.78 is 19.1. The van der Waals surface area contributed by atoms with Crippen LogP contribution in [0, 0.1) is 5.82 Å². The topological polar surface area (TPSA) is 58.6 Å². The third-order valence-electron chi connectivity index (χ3n) is 5.74. The molecule has 0 spiro atoms. The van der Waals surface area contributed by atoms with Gasteiger partial charge in [-0.05, 0) is 24.1 Å². The van der Waals surface area contributed by atoms with E-state index in [1.165, 1.54) is 12.1 Å². The van der Waals surface area contributed by atoms with Gasteiger partial charge in [-0.2, -0.15) is 0 Å². The van der Waals surface area contributed by atoms with Crippen molar-refractivity contribution in [2.75, 3.05) is 37.7 Å². The first-order chi connectivity index (χ1) is 14.6. The maximum absolute atomic E-state index is 13.6. The van der Waals surface area contributed by atoms with Gasteiger partial charge in [0.15, 0.2) is 0 Å². The SMILES string of the molecule is CCCCC(=O)N1CCc2nc(Cc3cccc(F)c3)nc(N3CCOCC3)c2C1. The number of benzene rings is 1. The average Bonchev–Trinajstić information content (AvgIpc) is 2.77. The zero-order valence-electron chi connectivity index (χ0n) is 17.6. The molecule has 1 fully saturated rings. The van der Waals surface area contributed by atoms with Gasteiger partial charge in [0.2, 0.25) is 5.91 Å². The lowest BCUT2D eigenvalue weighted by molar-refractivity contribution is -0.132. The Morgan fingerprint density at radius 2 is 2.03 bits per heavy atom. The highest BCUT2D eigenvalue weighted by molar-refractivity contribution is 5.76. The smallest absolute Gasteiger partial charge is 0.222 e. The van der Waals surface area contributed by atoms with Crippen molar-refractivity contribution in [3.8, 4) is 0 Å². The van der Waals surface area contributed by atoms with Crippen LogP contribution >= 0.6 is 0 Å². The number of hydrogen-bond acceptors (Lipinski definition) is 5. The van der Waals surface area contributed by atoms with Crippen LogP contribution in [-0.2, 0) is 28.9 Å². The molecule has 1 aromatic carbocycles. The molecule has 2 aliphatic heterocycles. The third kappa shape index (κ3) is 4.78. The molecule has 0 unspecified atom stereocenters. The second-order valence-corrected chi connectivity index (χ2v) is 7.96. The van der Waals surface area contributed by atoms with E-state index in [0.29, 0.717) is 45.0 Å². The Labute approximate surface area is 177 Å². The van der Waals surface area contributed by atoms with E-state index in [1.54, 1.807) is 6.07 Å². The number of carbonyl (C=O) groups excluding carboxylic acids is 1. The molecule has 2 aliphatic rings. The van der Waals surface area contributed by atoms with E-state index >= 15 is 0 Å². The predicted molar refractivity (Wildman–Crippen MR) is 113 cm³/mol. The molecule has 0 aliphatic carbocycles. The number of nitrogens with zero attached hydrogens (tertiary/aromatic N) is 4. The van der Waals surface area contributed by atoms with Gasteiger partial charge in [0.25, 0.3) is 0 Å². The van der Waals surface area contributed by atoms with Crippen LogP contribution in [0.25, 0.3) is 0 Å². The summed E-state index contributed by atoms with van der Waals surface area (Å²) in [5.41, 5.74) is 2.92. The molecular formula is C23H29FN4O2. The fourth-order valence-electron chi connectivity index (χ4n) is 4.09. The lowest BCUT2D eigenvalue weighted by Crippen LogP contribution is -2.41. The van der Waals surface area contributed by atoms with Gasteiger partial charge >= 0.3 is 0 Å². The fourth-order valence-corrected chi connectivity index (χ4v) is 4.09. The van der Waals surface area contributed by atoms with E-state index in [-0.39, 0.29) is 11.7 Å². The molecule has 0 bridgehead atoms. The molecule has 160 valence electrons. The number of aromatic nitrogens is 2. The number of fused-ring (bicyclic) bond motifs is 1. The van der Waals surface area contributed by atoms with Crippen LogP contribution in [-0.4, -0.2) is 53.6 Å². The maximum atomic E-state index is 13.6. The van der Waals surface area contributed by atoms with Gasteiger partial charge in [-0.25, -0.2) is 14.4 Å². The molecule has 1 aromatic heterocycles. The predicted octanol–water partition coefficient (Wildman–Crippen LogP) is 3.12. The molecular weight excluding hydrogens is 383 g/mol. The maximum Gasteiger partial charge on any atom is 0.222 e. The largest absolute Gasteiger partial charge is 0.378 e. The fraction of sp³-hybridized carbons (Fsp3) is 0.522. The number of halogens is 1. The Morgan fingerprint density at radius 3 is 2.80 bits per heavy atom. The molecule has 3 heterocycles. The summed E-state index contributed by atoms with van der Waals surface area (Å²) in [5.74, 6) is 1.56. The summed E-state index contributed by atoms with van der Waals surface area (Å²) >= 11 is 0. The van der Waals surface area contributed by atoms with Crippen molar-refractivity contribution in [2.45, 2.75) is 45.6 Å². The minimum absolute atomic E-state index is 0.208. The zero-order valence-corrected chi connectivity index (χ0v) is 17.6. The highest BCUT2D eigenvalue weighted by Gasteiger charge is 2.28. The van der Waals surface area contributed by atoms with Crippen molar-refractivity contribution < 1.29 is 13.9 Å². The van der Waals surface area contributed by atoms with Crippen molar-refractivity contribution >= 4 is 11.7 Å². The summed E-state index contributed by atoms with van der Waals surface area (Å²) in [4.78, 5) is 26.5. The molecule has 4 rings (SSSR count). The monoisotopic (exact) mass is 412 g/mol. The summed E-state index contributed by atoms with van der Waals surface area (Å²) in [7, 11) is 0. The van der Waals surface area contributed by atoms with Crippen LogP contribution < -0.4 is 4.90 Å². The molecule has 1 saturated heterocycles. The molecule has 2 aromatic rings. The molecule has 0 saturated carbocycles. The van der Waals surface area contributed by atoms with Gasteiger partial charge in [0, 0.05) is 44.5 Å². The minimum atomic E-state index is -0.250. The first-order valence-electron chi connectivity index (χ1n) is 10.9. The van der Waals surface area contributed by atoms with Crippen molar-refractivity contribution in [3.63, 3.8) is 0 Å². The molecule has 0 radical (unpaired) electrons. The van der Waals surface area contributed by atoms with Gasteiger partial charge in [0.05, 0.1) is 25.5 Å². The lowest BCUT2D eigenvalue weighted by Gasteiger charge is -2.34. The van der Waals surface area contributed by atoms with Crippen molar-refractivity contribution in [1.29, 1.82) is 0 Å². The standard InChI is InChI=1S/C23H29FN4O2/c1-2-3-7-22(29)28-9-8-20-19(16-28)23(27-10-12-30-13-11-27)26-21(25-20)15-17-5-4-6-18(24)14-17/h4-6,14H,2-3,7-13,15-16H2,1H3. The van der Waals surface area contributed by atoms with Crippen LogP contribution in [0.3, 0.4) is 0 Å². The van der Waals surface area contributed by atoms with Gasteiger partial charge in [-0.3, -0.25) is 4.79 Å². The molecule has 6 nitrogen and oxygen atoms in total. The van der Waals surface area contributed by atoms with Gasteiger partial charge in [-0.1, -0.05) is 25.5 Å². The normalized spacial score (nSPS) is 16.5. The first-order valence-corrected chi connectivity index (χ1v) is 10.9. The second kappa shape index (κ2) is 9.51. The third-order valence-corrected chi connectivity index (χ3v) is 5.74. The number of carbonyl (C=O) groups is 1. The van der Waals surface area contributed by atoms with Crippen LogP contribution in [0.1, 0.15) is 48.8 Å². The number of rotatable bonds is 6. The summed E-state index contributed by atoms with van der Waals surface area (Å²) in [5, 5.41) is 0. The minimum Gasteiger partial charge on any atom is -0.378 e. The Kier molecular flexibility index (Phi) is 6.57. The van der Waals surface area contributed by atoms with Crippen molar-refractivity contribution in [3.05, 3.63) is 52.7 Å². The Bertz CT molecular complexity index is 899. The van der Waals surface area contributed by atoms with E-state index < -0.39 is 0 Å². The van der Waals surface area contributed by atoms with Crippen LogP contribution in [0.4, 0.5) is 10.2 Å². The van der Waals surface area contributed by atoms with Crippen LogP contribution in [0.2, 0.25) is 0 Å². The zero-order chi connectivity index (χ0) is 20.9. The number of morpholine rings is 1. The number of ether oxygens (including phenoxy) is 1. The van der Waals surface area contributed by atoms with E-state index in [1.807, 2.05) is 11.0 Å². The number of hydrogen-bond donors (Lipinski definition) is 0. The van der Waals surface area contributed by atoms with Crippen molar-refractivity contribution in [2.24, 2.45) is 0 Å². The summed E-state index contributed by atoms with van der Waals surface area (Å²) in [6.07, 6.45) is 3.74. The van der Waals surface area contributed by atoms with Crippen molar-refractivity contribution in [1.82, 2.24) is 14.9 Å². The highest BCUT2D eigenvalue weighted by Crippen LogP contribution is 2.28. The molecule has 0 N–H and O–H groups in total. The molecule has 0 atom stereocenters. The Morgan fingerprint density at radius 1 is 1.20 bits per heavy atom. The van der Waals surface area contributed by atoms with E-state index in [9.17, 15) is 9.18 Å². The number of unbranched alkanes of at least 4 members (excludes halogenated alkanes) is 1. The van der Waals surface area contributed by atoms with Gasteiger partial charge in [0.1, 0.15) is 17.5 Å². The molecule has 30 heavy (non-hydrogen) atoms. The van der Waals surface area contributed by atoms with Gasteiger partial charge in [-0.15, -0.1) is 0 Å². The van der Waals surface area contributed by atoms with E-state index in [0.717, 1.165) is 55.0 Å². The second-order valence-electron chi connectivity index (χ2n) is 7.96. The Hall–Kier alpha value is -2.54. The van der Waals surface area contributed by atoms with Gasteiger partial charge < -0.3 is 14.5 Å².